The Hall–Kier alpha value is -1.64. The minimum Gasteiger partial charge on any atom is -0.379 e. The minimum absolute atomic E-state index is 0.0986. The first kappa shape index (κ1) is 23.0. The molecule has 2 aliphatic rings. The average Bonchev–Trinajstić information content (AvgIpc) is 2.75. The van der Waals surface area contributed by atoms with Gasteiger partial charge in [-0.2, -0.15) is 0 Å². The van der Waals surface area contributed by atoms with Gasteiger partial charge in [0.15, 0.2) is 0 Å². The lowest BCUT2D eigenvalue weighted by Crippen LogP contribution is -2.52. The van der Waals surface area contributed by atoms with Crippen molar-refractivity contribution in [3.05, 3.63) is 29.3 Å². The number of hydrogen-bond acceptors (Lipinski definition) is 5. The van der Waals surface area contributed by atoms with Gasteiger partial charge >= 0.3 is 0 Å². The van der Waals surface area contributed by atoms with Gasteiger partial charge in [-0.3, -0.25) is 14.0 Å². The fraction of sp³-hybridized carbons (Fsp3) is 0.682. The van der Waals surface area contributed by atoms with E-state index in [1.54, 1.807) is 12.1 Å². The van der Waals surface area contributed by atoms with Crippen LogP contribution in [-0.2, 0) is 21.2 Å². The van der Waals surface area contributed by atoms with E-state index < -0.39 is 10.0 Å². The van der Waals surface area contributed by atoms with Gasteiger partial charge in [0.1, 0.15) is 0 Å². The third-order valence-electron chi connectivity index (χ3n) is 6.40. The first-order chi connectivity index (χ1) is 14.3. The molecule has 0 unspecified atom stereocenters. The van der Waals surface area contributed by atoms with Crippen LogP contribution in [0.2, 0.25) is 0 Å². The van der Waals surface area contributed by atoms with E-state index in [4.69, 9.17) is 4.74 Å². The van der Waals surface area contributed by atoms with Gasteiger partial charge in [-0.15, -0.1) is 0 Å². The van der Waals surface area contributed by atoms with Gasteiger partial charge in [0.05, 0.1) is 25.2 Å². The largest absolute Gasteiger partial charge is 0.379 e. The molecule has 1 amide bonds. The number of benzene rings is 1. The van der Waals surface area contributed by atoms with Crippen molar-refractivity contribution < 1.29 is 17.9 Å². The summed E-state index contributed by atoms with van der Waals surface area (Å²) in [7, 11) is -3.30. The van der Waals surface area contributed by atoms with Crippen LogP contribution in [-0.4, -0.2) is 70.9 Å². The number of carbonyl (C=O) groups excluding carboxylic acids is 1. The number of fused-ring (bicyclic) bond motifs is 1. The third-order valence-corrected chi connectivity index (χ3v) is 7.58. The fourth-order valence-corrected chi connectivity index (χ4v) is 5.68. The molecule has 8 heteroatoms. The molecule has 2 aliphatic heterocycles. The molecule has 0 radical (unpaired) electrons. The number of rotatable bonds is 8. The quantitative estimate of drug-likeness (QED) is 0.675. The summed E-state index contributed by atoms with van der Waals surface area (Å²) in [5.41, 5.74) is 2.21. The molecule has 168 valence electrons. The number of ether oxygens (including phenoxy) is 1. The zero-order valence-electron chi connectivity index (χ0n) is 18.4. The predicted octanol–water partition coefficient (Wildman–Crippen LogP) is 2.27. The van der Waals surface area contributed by atoms with Gasteiger partial charge in [0.2, 0.25) is 10.0 Å². The Bertz CT molecular complexity index is 833. The smallest absolute Gasteiger partial charge is 0.251 e. The van der Waals surface area contributed by atoms with Gasteiger partial charge in [0, 0.05) is 37.8 Å². The highest BCUT2D eigenvalue weighted by Gasteiger charge is 2.28. The normalized spacial score (nSPS) is 18.9. The molecule has 0 saturated carbocycles. The molecule has 7 nitrogen and oxygen atoms in total. The van der Waals surface area contributed by atoms with Crippen LogP contribution in [0.1, 0.15) is 49.0 Å². The van der Waals surface area contributed by atoms with Crippen molar-refractivity contribution in [2.45, 2.75) is 45.6 Å². The van der Waals surface area contributed by atoms with Crippen molar-refractivity contribution in [2.24, 2.45) is 5.92 Å². The van der Waals surface area contributed by atoms with E-state index in [1.165, 1.54) is 10.6 Å². The fourth-order valence-electron chi connectivity index (χ4n) is 4.68. The zero-order valence-corrected chi connectivity index (χ0v) is 19.2. The standard InChI is InChI=1S/C22H35N3O4S/c1-4-17(5-2)21(24-11-13-29-14-12-24)16-23-22(26)19-8-9-20-18(15-19)7-6-10-25(20)30(3,27)28/h8-9,15,17,21H,4-7,10-14,16H2,1-3H3,(H,23,26)/t21-/m1/s1. The molecular weight excluding hydrogens is 402 g/mol. The van der Waals surface area contributed by atoms with E-state index in [2.05, 4.69) is 24.1 Å². The Labute approximate surface area is 180 Å². The molecule has 1 fully saturated rings. The highest BCUT2D eigenvalue weighted by molar-refractivity contribution is 7.92. The van der Waals surface area contributed by atoms with Crippen LogP contribution in [0.25, 0.3) is 0 Å². The maximum absolute atomic E-state index is 12.9. The highest BCUT2D eigenvalue weighted by atomic mass is 32.2. The molecule has 0 spiro atoms. The van der Waals surface area contributed by atoms with E-state index >= 15 is 0 Å². The number of hydrogen-bond donors (Lipinski definition) is 1. The lowest BCUT2D eigenvalue weighted by atomic mass is 9.92. The molecular formula is C22H35N3O4S. The number of nitrogens with zero attached hydrogens (tertiary/aromatic N) is 2. The maximum atomic E-state index is 12.9. The number of nitrogens with one attached hydrogen (secondary N) is 1. The van der Waals surface area contributed by atoms with Crippen LogP contribution >= 0.6 is 0 Å². The molecule has 0 aromatic heterocycles. The van der Waals surface area contributed by atoms with E-state index in [0.717, 1.165) is 57.6 Å². The molecule has 3 rings (SSSR count). The topological polar surface area (TPSA) is 79.0 Å². The number of amides is 1. The van der Waals surface area contributed by atoms with E-state index in [-0.39, 0.29) is 5.91 Å². The van der Waals surface area contributed by atoms with Crippen molar-refractivity contribution in [2.75, 3.05) is 50.0 Å². The third kappa shape index (κ3) is 5.34. The Morgan fingerprint density at radius 1 is 1.17 bits per heavy atom. The van der Waals surface area contributed by atoms with Gasteiger partial charge in [-0.25, -0.2) is 8.42 Å². The highest BCUT2D eigenvalue weighted by Crippen LogP contribution is 2.30. The van der Waals surface area contributed by atoms with Crippen LogP contribution < -0.4 is 9.62 Å². The van der Waals surface area contributed by atoms with Crippen LogP contribution in [0.15, 0.2) is 18.2 Å². The molecule has 1 N–H and O–H groups in total. The summed E-state index contributed by atoms with van der Waals surface area (Å²) in [6.07, 6.45) is 4.93. The Morgan fingerprint density at radius 2 is 1.87 bits per heavy atom. The summed E-state index contributed by atoms with van der Waals surface area (Å²) < 4.78 is 31.0. The molecule has 2 heterocycles. The molecule has 1 aromatic carbocycles. The first-order valence-corrected chi connectivity index (χ1v) is 12.9. The summed E-state index contributed by atoms with van der Waals surface area (Å²) in [4.78, 5) is 15.4. The average molecular weight is 438 g/mol. The Kier molecular flexibility index (Phi) is 7.76. The van der Waals surface area contributed by atoms with Crippen LogP contribution in [0.4, 0.5) is 5.69 Å². The molecule has 1 saturated heterocycles. The molecule has 30 heavy (non-hydrogen) atoms. The Balaban J connectivity index is 1.71. The predicted molar refractivity (Wildman–Crippen MR) is 120 cm³/mol. The zero-order chi connectivity index (χ0) is 21.7. The van der Waals surface area contributed by atoms with Crippen molar-refractivity contribution in [1.82, 2.24) is 10.2 Å². The second-order valence-electron chi connectivity index (χ2n) is 8.28. The van der Waals surface area contributed by atoms with Crippen molar-refractivity contribution in [1.29, 1.82) is 0 Å². The number of morpholine rings is 1. The van der Waals surface area contributed by atoms with Gasteiger partial charge in [0.25, 0.3) is 5.91 Å². The van der Waals surface area contributed by atoms with Crippen molar-refractivity contribution >= 4 is 21.6 Å². The number of anilines is 1. The van der Waals surface area contributed by atoms with E-state index in [9.17, 15) is 13.2 Å². The molecule has 0 aliphatic carbocycles. The molecule has 1 atom stereocenters. The second-order valence-corrected chi connectivity index (χ2v) is 10.2. The lowest BCUT2D eigenvalue weighted by molar-refractivity contribution is 0.00191. The summed E-state index contributed by atoms with van der Waals surface area (Å²) in [6, 6.07) is 5.65. The first-order valence-electron chi connectivity index (χ1n) is 11.1. The van der Waals surface area contributed by atoms with Gasteiger partial charge < -0.3 is 10.1 Å². The number of sulfonamides is 1. The van der Waals surface area contributed by atoms with Crippen LogP contribution in [0, 0.1) is 5.92 Å². The molecule has 1 aromatic rings. The maximum Gasteiger partial charge on any atom is 0.251 e. The van der Waals surface area contributed by atoms with Crippen molar-refractivity contribution in [3.63, 3.8) is 0 Å². The molecule has 0 bridgehead atoms. The van der Waals surface area contributed by atoms with E-state index in [0.29, 0.717) is 36.3 Å². The van der Waals surface area contributed by atoms with Gasteiger partial charge in [-0.05, 0) is 42.5 Å². The summed E-state index contributed by atoms with van der Waals surface area (Å²) in [5, 5.41) is 3.14. The van der Waals surface area contributed by atoms with Gasteiger partial charge in [-0.1, -0.05) is 26.7 Å². The summed E-state index contributed by atoms with van der Waals surface area (Å²) in [5.74, 6) is 0.425. The summed E-state index contributed by atoms with van der Waals surface area (Å²) in [6.45, 7) is 8.81. The number of carbonyl (C=O) groups is 1. The van der Waals surface area contributed by atoms with Crippen molar-refractivity contribution in [3.8, 4) is 0 Å². The van der Waals surface area contributed by atoms with Crippen LogP contribution in [0.5, 0.6) is 0 Å². The minimum atomic E-state index is -3.30. The second kappa shape index (κ2) is 10.1. The Morgan fingerprint density at radius 3 is 2.50 bits per heavy atom. The monoisotopic (exact) mass is 437 g/mol. The lowest BCUT2D eigenvalue weighted by Gasteiger charge is -2.38. The summed E-state index contributed by atoms with van der Waals surface area (Å²) >= 11 is 0. The SMILES string of the molecule is CCC(CC)[C@@H](CNC(=O)c1ccc2c(c1)CCCN2S(C)(=O)=O)N1CCOCC1. The number of aryl methyl sites for hydroxylation is 1. The van der Waals surface area contributed by atoms with Crippen LogP contribution in [0.3, 0.4) is 0 Å². The van der Waals surface area contributed by atoms with E-state index in [1.807, 2.05) is 6.07 Å².